The van der Waals surface area contributed by atoms with Crippen LogP contribution in [0.15, 0.2) is 42.6 Å². The zero-order valence-corrected chi connectivity index (χ0v) is 11.4. The van der Waals surface area contributed by atoms with E-state index >= 15 is 0 Å². The molecule has 1 amide bonds. The van der Waals surface area contributed by atoms with Crippen LogP contribution < -0.4 is 10.2 Å². The van der Waals surface area contributed by atoms with Crippen LogP contribution in [-0.2, 0) is 4.79 Å². The number of amides is 1. The average Bonchev–Trinajstić information content (AvgIpc) is 2.76. The Morgan fingerprint density at radius 3 is 2.60 bits per heavy atom. The minimum Gasteiger partial charge on any atom is -0.378 e. The number of rotatable bonds is 2. The van der Waals surface area contributed by atoms with E-state index in [1.54, 1.807) is 6.20 Å². The number of hydrogen-bond acceptors (Lipinski definition) is 3. The van der Waals surface area contributed by atoms with Crippen LogP contribution >= 0.6 is 0 Å². The smallest absolute Gasteiger partial charge is 0.257 e. The lowest BCUT2D eigenvalue weighted by molar-refractivity contribution is -0.110. The highest BCUT2D eigenvalue weighted by atomic mass is 16.2. The molecule has 100 valence electrons. The lowest BCUT2D eigenvalue weighted by atomic mass is 10.1. The van der Waals surface area contributed by atoms with Crippen molar-refractivity contribution in [3.05, 3.63) is 53.7 Å². The molecule has 3 rings (SSSR count). The van der Waals surface area contributed by atoms with Crippen LogP contribution in [0.1, 0.15) is 11.1 Å². The van der Waals surface area contributed by atoms with Crippen molar-refractivity contribution in [1.82, 2.24) is 4.98 Å². The third kappa shape index (κ3) is 2.16. The van der Waals surface area contributed by atoms with Gasteiger partial charge in [0.1, 0.15) is 5.82 Å². The first-order chi connectivity index (χ1) is 9.65. The number of pyridine rings is 1. The van der Waals surface area contributed by atoms with Crippen molar-refractivity contribution in [3.63, 3.8) is 0 Å². The van der Waals surface area contributed by atoms with E-state index in [-0.39, 0.29) is 5.91 Å². The van der Waals surface area contributed by atoms with E-state index in [9.17, 15) is 4.79 Å². The molecule has 0 saturated carbocycles. The SMILES string of the molecule is CN(C)c1ccc(C=C2C(=O)Nc3ncccc32)cc1. The second-order valence-electron chi connectivity index (χ2n) is 4.90. The number of aromatic nitrogens is 1. The van der Waals surface area contributed by atoms with Gasteiger partial charge in [-0.05, 0) is 35.9 Å². The Hall–Kier alpha value is -2.62. The van der Waals surface area contributed by atoms with Gasteiger partial charge in [0.2, 0.25) is 0 Å². The maximum absolute atomic E-state index is 12.0. The highest BCUT2D eigenvalue weighted by molar-refractivity contribution is 6.34. The Labute approximate surface area is 117 Å². The van der Waals surface area contributed by atoms with Crippen molar-refractivity contribution in [2.75, 3.05) is 24.3 Å². The van der Waals surface area contributed by atoms with E-state index < -0.39 is 0 Å². The van der Waals surface area contributed by atoms with E-state index in [1.165, 1.54) is 0 Å². The summed E-state index contributed by atoms with van der Waals surface area (Å²) in [6.07, 6.45) is 3.57. The van der Waals surface area contributed by atoms with Crippen LogP contribution in [0.2, 0.25) is 0 Å². The molecular weight excluding hydrogens is 250 g/mol. The van der Waals surface area contributed by atoms with Crippen molar-refractivity contribution < 1.29 is 4.79 Å². The Morgan fingerprint density at radius 2 is 1.90 bits per heavy atom. The summed E-state index contributed by atoms with van der Waals surface area (Å²) in [4.78, 5) is 18.2. The van der Waals surface area contributed by atoms with Gasteiger partial charge in [0.25, 0.3) is 5.91 Å². The minimum atomic E-state index is -0.101. The molecule has 20 heavy (non-hydrogen) atoms. The van der Waals surface area contributed by atoms with Gasteiger partial charge in [-0.15, -0.1) is 0 Å². The number of carbonyl (C=O) groups excluding carboxylic acids is 1. The number of fused-ring (bicyclic) bond motifs is 1. The molecule has 0 atom stereocenters. The predicted octanol–water partition coefficient (Wildman–Crippen LogP) is 2.64. The molecular formula is C16H15N3O. The number of nitrogens with zero attached hydrogens (tertiary/aromatic N) is 2. The lowest BCUT2D eigenvalue weighted by Crippen LogP contribution is -2.08. The molecule has 1 aliphatic heterocycles. The fourth-order valence-electron chi connectivity index (χ4n) is 2.20. The van der Waals surface area contributed by atoms with Crippen LogP contribution in [0.5, 0.6) is 0 Å². The molecule has 1 N–H and O–H groups in total. The first kappa shape index (κ1) is 12.4. The van der Waals surface area contributed by atoms with E-state index in [2.05, 4.69) is 10.3 Å². The van der Waals surface area contributed by atoms with Crippen molar-refractivity contribution >= 4 is 29.1 Å². The van der Waals surface area contributed by atoms with Crippen LogP contribution in [0.25, 0.3) is 11.6 Å². The highest BCUT2D eigenvalue weighted by Crippen LogP contribution is 2.31. The van der Waals surface area contributed by atoms with Gasteiger partial charge in [-0.3, -0.25) is 4.79 Å². The van der Waals surface area contributed by atoms with Crippen LogP contribution in [0, 0.1) is 0 Å². The monoisotopic (exact) mass is 265 g/mol. The van der Waals surface area contributed by atoms with Crippen LogP contribution in [0.4, 0.5) is 11.5 Å². The Balaban J connectivity index is 1.98. The fraction of sp³-hybridized carbons (Fsp3) is 0.125. The largest absolute Gasteiger partial charge is 0.378 e. The molecule has 0 aliphatic carbocycles. The molecule has 2 heterocycles. The van der Waals surface area contributed by atoms with Gasteiger partial charge < -0.3 is 10.2 Å². The first-order valence-corrected chi connectivity index (χ1v) is 6.41. The van der Waals surface area contributed by atoms with Crippen molar-refractivity contribution in [1.29, 1.82) is 0 Å². The first-order valence-electron chi connectivity index (χ1n) is 6.41. The highest BCUT2D eigenvalue weighted by Gasteiger charge is 2.24. The van der Waals surface area contributed by atoms with Gasteiger partial charge in [0.15, 0.2) is 0 Å². The second kappa shape index (κ2) is 4.81. The standard InChI is InChI=1S/C16H15N3O/c1-19(2)12-7-5-11(6-8-12)10-14-13-4-3-9-17-15(13)18-16(14)20/h3-10H,1-2H3,(H,17,18,20). The third-order valence-corrected chi connectivity index (χ3v) is 3.29. The molecule has 0 fully saturated rings. The van der Waals surface area contributed by atoms with Gasteiger partial charge in [0, 0.05) is 31.5 Å². The third-order valence-electron chi connectivity index (χ3n) is 3.29. The Morgan fingerprint density at radius 1 is 1.15 bits per heavy atom. The summed E-state index contributed by atoms with van der Waals surface area (Å²) in [5.41, 5.74) is 3.64. The van der Waals surface area contributed by atoms with E-state index in [4.69, 9.17) is 0 Å². The second-order valence-corrected chi connectivity index (χ2v) is 4.90. The molecule has 0 unspecified atom stereocenters. The Bertz CT molecular complexity index is 687. The van der Waals surface area contributed by atoms with E-state index in [0.29, 0.717) is 11.4 Å². The summed E-state index contributed by atoms with van der Waals surface area (Å²) in [5, 5.41) is 2.77. The molecule has 1 aromatic heterocycles. The summed E-state index contributed by atoms with van der Waals surface area (Å²) >= 11 is 0. The molecule has 1 aliphatic rings. The summed E-state index contributed by atoms with van der Waals surface area (Å²) < 4.78 is 0. The molecule has 4 heteroatoms. The van der Waals surface area contributed by atoms with Crippen molar-refractivity contribution in [2.24, 2.45) is 0 Å². The summed E-state index contributed by atoms with van der Waals surface area (Å²) in [6.45, 7) is 0. The summed E-state index contributed by atoms with van der Waals surface area (Å²) in [5.74, 6) is 0.532. The van der Waals surface area contributed by atoms with Crippen molar-refractivity contribution in [2.45, 2.75) is 0 Å². The number of nitrogens with one attached hydrogen (secondary N) is 1. The minimum absolute atomic E-state index is 0.101. The van der Waals surface area contributed by atoms with Crippen LogP contribution in [-0.4, -0.2) is 25.0 Å². The number of carbonyl (C=O) groups is 1. The quantitative estimate of drug-likeness (QED) is 0.849. The molecule has 0 saturated heterocycles. The van der Waals surface area contributed by atoms with E-state index in [1.807, 2.05) is 61.5 Å². The van der Waals surface area contributed by atoms with Gasteiger partial charge in [0.05, 0.1) is 5.57 Å². The van der Waals surface area contributed by atoms with Gasteiger partial charge >= 0.3 is 0 Å². The summed E-state index contributed by atoms with van der Waals surface area (Å²) in [6, 6.07) is 11.8. The van der Waals surface area contributed by atoms with Crippen molar-refractivity contribution in [3.8, 4) is 0 Å². The maximum atomic E-state index is 12.0. The number of benzene rings is 1. The molecule has 0 bridgehead atoms. The molecule has 2 aromatic rings. The summed E-state index contributed by atoms with van der Waals surface area (Å²) in [7, 11) is 4.00. The van der Waals surface area contributed by atoms with Crippen LogP contribution in [0.3, 0.4) is 0 Å². The zero-order valence-electron chi connectivity index (χ0n) is 11.4. The zero-order chi connectivity index (χ0) is 14.1. The normalized spacial score (nSPS) is 15.1. The average molecular weight is 265 g/mol. The number of anilines is 2. The van der Waals surface area contributed by atoms with Gasteiger partial charge in [-0.1, -0.05) is 12.1 Å². The molecule has 0 radical (unpaired) electrons. The molecule has 4 nitrogen and oxygen atoms in total. The topological polar surface area (TPSA) is 45.2 Å². The maximum Gasteiger partial charge on any atom is 0.257 e. The molecule has 1 aromatic carbocycles. The Kier molecular flexibility index (Phi) is 2.99. The van der Waals surface area contributed by atoms with Gasteiger partial charge in [-0.2, -0.15) is 0 Å². The number of hydrogen-bond donors (Lipinski definition) is 1. The lowest BCUT2D eigenvalue weighted by Gasteiger charge is -2.11. The van der Waals surface area contributed by atoms with E-state index in [0.717, 1.165) is 16.8 Å². The fourth-order valence-corrected chi connectivity index (χ4v) is 2.20. The molecule has 0 spiro atoms. The van der Waals surface area contributed by atoms with Gasteiger partial charge in [-0.25, -0.2) is 4.98 Å². The predicted molar refractivity (Wildman–Crippen MR) is 81.5 cm³/mol.